The number of piperidine rings is 1. The maximum Gasteiger partial charge on any atom is 0.227 e. The third-order valence-corrected chi connectivity index (χ3v) is 4.82. The number of benzene rings is 1. The average molecular weight is 397 g/mol. The van der Waals surface area contributed by atoms with Crippen molar-refractivity contribution in [1.82, 2.24) is 20.4 Å². The number of nitrogens with zero attached hydrogens (tertiary/aromatic N) is 3. The maximum atomic E-state index is 13.7. The molecule has 1 unspecified atom stereocenters. The van der Waals surface area contributed by atoms with Crippen molar-refractivity contribution in [3.63, 3.8) is 0 Å². The molecule has 0 saturated carbocycles. The van der Waals surface area contributed by atoms with Crippen LogP contribution in [0.4, 0.5) is 4.39 Å². The number of carbonyl (C=O) groups is 1. The van der Waals surface area contributed by atoms with E-state index in [1.165, 1.54) is 6.07 Å². The molecule has 8 heteroatoms. The van der Waals surface area contributed by atoms with E-state index in [-0.39, 0.29) is 24.1 Å². The lowest BCUT2D eigenvalue weighted by molar-refractivity contribution is -0.133. The molecule has 1 amide bonds. The van der Waals surface area contributed by atoms with E-state index in [9.17, 15) is 9.18 Å². The first-order valence-corrected chi connectivity index (χ1v) is 9.08. The predicted molar refractivity (Wildman–Crippen MR) is 103 cm³/mol. The summed E-state index contributed by atoms with van der Waals surface area (Å²) in [6, 6.07) is 4.83. The summed E-state index contributed by atoms with van der Waals surface area (Å²) in [7, 11) is 1.94. The zero-order valence-corrected chi connectivity index (χ0v) is 16.5. The summed E-state index contributed by atoms with van der Waals surface area (Å²) in [5.74, 6) is 1.08. The van der Waals surface area contributed by atoms with Crippen molar-refractivity contribution < 1.29 is 13.7 Å². The number of hydrogen-bond acceptors (Lipinski definition) is 5. The lowest BCUT2D eigenvalue weighted by atomic mass is 9.97. The Kier molecular flexibility index (Phi) is 7.74. The Morgan fingerprint density at radius 2 is 2.26 bits per heavy atom. The normalized spacial score (nSPS) is 16.9. The van der Waals surface area contributed by atoms with Gasteiger partial charge in [-0.3, -0.25) is 4.79 Å². The minimum atomic E-state index is -0.301. The topological polar surface area (TPSA) is 71.3 Å². The second-order valence-corrected chi connectivity index (χ2v) is 6.88. The van der Waals surface area contributed by atoms with Crippen molar-refractivity contribution >= 4 is 18.3 Å². The lowest BCUT2D eigenvalue weighted by Crippen LogP contribution is -2.42. The molecule has 0 aliphatic carbocycles. The van der Waals surface area contributed by atoms with E-state index in [1.54, 1.807) is 19.1 Å². The zero-order chi connectivity index (χ0) is 18.5. The van der Waals surface area contributed by atoms with E-state index in [0.717, 1.165) is 32.5 Å². The molecule has 3 rings (SSSR count). The molecular weight excluding hydrogens is 371 g/mol. The van der Waals surface area contributed by atoms with Crippen LogP contribution in [0.25, 0.3) is 11.4 Å². The molecule has 1 N–H and O–H groups in total. The maximum absolute atomic E-state index is 13.7. The van der Waals surface area contributed by atoms with E-state index < -0.39 is 0 Å². The fourth-order valence-corrected chi connectivity index (χ4v) is 3.32. The smallest absolute Gasteiger partial charge is 0.227 e. The predicted octanol–water partition coefficient (Wildman–Crippen LogP) is 3.00. The number of halogens is 2. The van der Waals surface area contributed by atoms with E-state index in [2.05, 4.69) is 15.5 Å². The lowest BCUT2D eigenvalue weighted by Gasteiger charge is -2.32. The van der Waals surface area contributed by atoms with Crippen LogP contribution in [-0.4, -0.2) is 47.6 Å². The monoisotopic (exact) mass is 396 g/mol. The van der Waals surface area contributed by atoms with E-state index in [1.807, 2.05) is 11.9 Å². The van der Waals surface area contributed by atoms with Crippen LogP contribution < -0.4 is 5.32 Å². The third kappa shape index (κ3) is 5.49. The molecule has 1 aliphatic rings. The highest BCUT2D eigenvalue weighted by Crippen LogP contribution is 2.20. The number of aryl methyl sites for hydroxylation is 2. The second-order valence-electron chi connectivity index (χ2n) is 6.88. The average Bonchev–Trinajstić information content (AvgIpc) is 3.11. The number of hydrogen-bond donors (Lipinski definition) is 1. The van der Waals surface area contributed by atoms with Crippen LogP contribution in [0.2, 0.25) is 0 Å². The van der Waals surface area contributed by atoms with Gasteiger partial charge in [-0.25, -0.2) is 4.39 Å². The van der Waals surface area contributed by atoms with Crippen molar-refractivity contribution in [2.45, 2.75) is 32.6 Å². The van der Waals surface area contributed by atoms with Gasteiger partial charge in [0, 0.05) is 31.5 Å². The van der Waals surface area contributed by atoms with Crippen LogP contribution in [0.5, 0.6) is 0 Å². The van der Waals surface area contributed by atoms with Gasteiger partial charge < -0.3 is 14.7 Å². The summed E-state index contributed by atoms with van der Waals surface area (Å²) < 4.78 is 18.9. The molecule has 1 aromatic carbocycles. The Morgan fingerprint density at radius 1 is 1.44 bits per heavy atom. The summed E-state index contributed by atoms with van der Waals surface area (Å²) in [6.45, 7) is 4.26. The molecule has 148 valence electrons. The number of aromatic nitrogens is 2. The first kappa shape index (κ1) is 21.3. The van der Waals surface area contributed by atoms with Crippen LogP contribution >= 0.6 is 12.4 Å². The van der Waals surface area contributed by atoms with Gasteiger partial charge in [0.15, 0.2) is 0 Å². The molecule has 6 nitrogen and oxygen atoms in total. The zero-order valence-electron chi connectivity index (χ0n) is 15.7. The largest absolute Gasteiger partial charge is 0.342 e. The van der Waals surface area contributed by atoms with Crippen molar-refractivity contribution in [3.05, 3.63) is 35.5 Å². The number of rotatable bonds is 6. The van der Waals surface area contributed by atoms with Gasteiger partial charge in [0.2, 0.25) is 17.6 Å². The summed E-state index contributed by atoms with van der Waals surface area (Å²) >= 11 is 0. The van der Waals surface area contributed by atoms with Gasteiger partial charge in [-0.2, -0.15) is 4.98 Å². The van der Waals surface area contributed by atoms with Gasteiger partial charge in [-0.15, -0.1) is 12.4 Å². The first-order chi connectivity index (χ1) is 12.6. The Bertz CT molecular complexity index is 766. The molecule has 27 heavy (non-hydrogen) atoms. The number of nitrogens with one attached hydrogen (secondary N) is 1. The van der Waals surface area contributed by atoms with Crippen molar-refractivity contribution in [2.24, 2.45) is 5.92 Å². The van der Waals surface area contributed by atoms with Gasteiger partial charge in [-0.05, 0) is 50.9 Å². The Morgan fingerprint density at radius 3 is 3.00 bits per heavy atom. The molecule has 1 atom stereocenters. The molecule has 1 saturated heterocycles. The van der Waals surface area contributed by atoms with Crippen LogP contribution in [0.3, 0.4) is 0 Å². The van der Waals surface area contributed by atoms with Gasteiger partial charge in [-0.1, -0.05) is 17.3 Å². The fraction of sp³-hybridized carbons (Fsp3) is 0.526. The standard InChI is InChI=1S/C19H25FN4O2.ClH/c1-13-5-6-15(10-16(13)20)19-22-17(26-23-19)7-8-18(25)24-9-3-4-14(12-24)11-21-2;/h5-6,10,14,21H,3-4,7-9,11-12H2,1-2H3;1H. The van der Waals surface area contributed by atoms with E-state index in [0.29, 0.717) is 41.6 Å². The SMILES string of the molecule is CNCC1CCCN(C(=O)CCc2nc(-c3ccc(C)c(F)c3)no2)C1.Cl. The van der Waals surface area contributed by atoms with Crippen molar-refractivity contribution in [2.75, 3.05) is 26.7 Å². The number of carbonyl (C=O) groups excluding carboxylic acids is 1. The Labute approximate surface area is 164 Å². The molecular formula is C19H26ClFN4O2. The Balaban J connectivity index is 0.00000261. The number of likely N-dealkylation sites (tertiary alicyclic amines) is 1. The minimum Gasteiger partial charge on any atom is -0.342 e. The van der Waals surface area contributed by atoms with Crippen LogP contribution in [0, 0.1) is 18.7 Å². The summed E-state index contributed by atoms with van der Waals surface area (Å²) in [5, 5.41) is 7.08. The molecule has 2 aromatic rings. The molecule has 2 heterocycles. The quantitative estimate of drug-likeness (QED) is 0.812. The van der Waals surface area contributed by atoms with E-state index >= 15 is 0 Å². The molecule has 1 aromatic heterocycles. The van der Waals surface area contributed by atoms with Crippen molar-refractivity contribution in [3.8, 4) is 11.4 Å². The summed E-state index contributed by atoms with van der Waals surface area (Å²) in [4.78, 5) is 18.7. The highest BCUT2D eigenvalue weighted by atomic mass is 35.5. The first-order valence-electron chi connectivity index (χ1n) is 9.08. The minimum absolute atomic E-state index is 0. The molecule has 1 fully saturated rings. The van der Waals surface area contributed by atoms with Gasteiger partial charge in [0.1, 0.15) is 5.82 Å². The molecule has 0 spiro atoms. The molecule has 0 radical (unpaired) electrons. The third-order valence-electron chi connectivity index (χ3n) is 4.82. The molecule has 1 aliphatic heterocycles. The summed E-state index contributed by atoms with van der Waals surface area (Å²) in [5.41, 5.74) is 1.14. The second kappa shape index (κ2) is 9.80. The number of amides is 1. The highest BCUT2D eigenvalue weighted by Gasteiger charge is 2.23. The Hall–Kier alpha value is -1.99. The van der Waals surface area contributed by atoms with Crippen LogP contribution in [0.15, 0.2) is 22.7 Å². The van der Waals surface area contributed by atoms with Crippen LogP contribution in [0.1, 0.15) is 30.7 Å². The van der Waals surface area contributed by atoms with Crippen LogP contribution in [-0.2, 0) is 11.2 Å². The van der Waals surface area contributed by atoms with Gasteiger partial charge in [0.05, 0.1) is 0 Å². The summed E-state index contributed by atoms with van der Waals surface area (Å²) in [6.07, 6.45) is 2.94. The van der Waals surface area contributed by atoms with Gasteiger partial charge in [0.25, 0.3) is 0 Å². The van der Waals surface area contributed by atoms with Crippen molar-refractivity contribution in [1.29, 1.82) is 0 Å². The highest BCUT2D eigenvalue weighted by molar-refractivity contribution is 5.85. The fourth-order valence-electron chi connectivity index (χ4n) is 3.32. The van der Waals surface area contributed by atoms with Gasteiger partial charge >= 0.3 is 0 Å². The van der Waals surface area contributed by atoms with E-state index in [4.69, 9.17) is 4.52 Å². The molecule has 0 bridgehead atoms.